The Morgan fingerprint density at radius 2 is 1.62 bits per heavy atom. The summed E-state index contributed by atoms with van der Waals surface area (Å²) >= 11 is 0. The number of rotatable bonds is 13. The molecule has 2 rings (SSSR count). The van der Waals surface area contributed by atoms with Crippen LogP contribution in [0.15, 0.2) is 42.5 Å². The highest BCUT2D eigenvalue weighted by atomic mass is 32.2. The second-order valence-corrected chi connectivity index (χ2v) is 12.2. The van der Waals surface area contributed by atoms with Crippen molar-refractivity contribution in [1.29, 1.82) is 0 Å². The summed E-state index contributed by atoms with van der Waals surface area (Å²) in [7, 11) is -3.53. The molecule has 0 heterocycles. The SMILES string of the molecule is CC[C@@H](C(=O)NCC(C)C)N(Cc1ccccc1C)C(=O)CCCN(c1cc(C)cc(C)c1)S(C)(=O)=O. The minimum absolute atomic E-state index is 0.136. The predicted octanol–water partition coefficient (Wildman–Crippen LogP) is 4.74. The average Bonchev–Trinajstić information content (AvgIpc) is 2.79. The van der Waals surface area contributed by atoms with E-state index in [1.807, 2.05) is 84.0 Å². The smallest absolute Gasteiger partial charge is 0.242 e. The number of benzene rings is 2. The third-order valence-corrected chi connectivity index (χ3v) is 7.51. The molecule has 0 radical (unpaired) electrons. The zero-order valence-electron chi connectivity index (χ0n) is 23.4. The van der Waals surface area contributed by atoms with Gasteiger partial charge >= 0.3 is 0 Å². The molecule has 204 valence electrons. The molecule has 1 N–H and O–H groups in total. The fourth-order valence-electron chi connectivity index (χ4n) is 4.41. The lowest BCUT2D eigenvalue weighted by Crippen LogP contribution is -2.49. The van der Waals surface area contributed by atoms with E-state index in [0.717, 1.165) is 22.3 Å². The topological polar surface area (TPSA) is 86.8 Å². The lowest BCUT2D eigenvalue weighted by atomic mass is 10.0. The minimum atomic E-state index is -3.53. The molecule has 0 fully saturated rings. The van der Waals surface area contributed by atoms with Gasteiger partial charge in [-0.25, -0.2) is 8.42 Å². The van der Waals surface area contributed by atoms with Gasteiger partial charge in [0.15, 0.2) is 0 Å². The number of hydrogen-bond donors (Lipinski definition) is 1. The van der Waals surface area contributed by atoms with Crippen LogP contribution in [0.5, 0.6) is 0 Å². The second kappa shape index (κ2) is 13.6. The zero-order valence-corrected chi connectivity index (χ0v) is 24.2. The van der Waals surface area contributed by atoms with Crippen molar-refractivity contribution in [3.63, 3.8) is 0 Å². The van der Waals surface area contributed by atoms with E-state index in [1.165, 1.54) is 10.6 Å². The lowest BCUT2D eigenvalue weighted by Gasteiger charge is -2.32. The summed E-state index contributed by atoms with van der Waals surface area (Å²) < 4.78 is 26.5. The summed E-state index contributed by atoms with van der Waals surface area (Å²) in [6.45, 7) is 12.9. The Kier molecular flexibility index (Phi) is 11.2. The Balaban J connectivity index is 2.24. The van der Waals surface area contributed by atoms with Gasteiger partial charge in [-0.1, -0.05) is 51.1 Å². The number of carbonyl (C=O) groups excluding carboxylic acids is 2. The van der Waals surface area contributed by atoms with E-state index >= 15 is 0 Å². The molecule has 1 atom stereocenters. The van der Waals surface area contributed by atoms with Gasteiger partial charge in [0, 0.05) is 26.1 Å². The number of aryl methyl sites for hydroxylation is 3. The summed E-state index contributed by atoms with van der Waals surface area (Å²) in [6.07, 6.45) is 2.15. The first-order chi connectivity index (χ1) is 17.3. The van der Waals surface area contributed by atoms with Gasteiger partial charge in [0.2, 0.25) is 21.8 Å². The number of amides is 2. The van der Waals surface area contributed by atoms with Crippen molar-refractivity contribution in [1.82, 2.24) is 10.2 Å². The van der Waals surface area contributed by atoms with Gasteiger partial charge in [-0.15, -0.1) is 0 Å². The summed E-state index contributed by atoms with van der Waals surface area (Å²) in [6, 6.07) is 12.9. The van der Waals surface area contributed by atoms with Crippen molar-refractivity contribution in [2.24, 2.45) is 5.92 Å². The normalized spacial score (nSPS) is 12.3. The van der Waals surface area contributed by atoms with Gasteiger partial charge in [0.25, 0.3) is 0 Å². The average molecular weight is 530 g/mol. The van der Waals surface area contributed by atoms with Crippen molar-refractivity contribution in [2.75, 3.05) is 23.7 Å². The molecule has 0 saturated heterocycles. The van der Waals surface area contributed by atoms with Gasteiger partial charge < -0.3 is 10.2 Å². The van der Waals surface area contributed by atoms with E-state index in [2.05, 4.69) is 5.32 Å². The summed E-state index contributed by atoms with van der Waals surface area (Å²) in [4.78, 5) is 28.3. The number of nitrogens with one attached hydrogen (secondary N) is 1. The number of sulfonamides is 1. The molecule has 37 heavy (non-hydrogen) atoms. The highest BCUT2D eigenvalue weighted by Gasteiger charge is 2.29. The van der Waals surface area contributed by atoms with Crippen LogP contribution in [0.1, 0.15) is 62.3 Å². The number of anilines is 1. The molecule has 0 spiro atoms. The van der Waals surface area contributed by atoms with Crippen molar-refractivity contribution in [3.8, 4) is 0 Å². The van der Waals surface area contributed by atoms with Crippen LogP contribution in [-0.4, -0.2) is 50.5 Å². The van der Waals surface area contributed by atoms with E-state index in [-0.39, 0.29) is 24.8 Å². The fraction of sp³-hybridized carbons (Fsp3) is 0.517. The van der Waals surface area contributed by atoms with Gasteiger partial charge in [-0.05, 0) is 73.9 Å². The lowest BCUT2D eigenvalue weighted by molar-refractivity contribution is -0.141. The standard InChI is InChI=1S/C29H43N3O4S/c1-8-27(29(34)30-19-21(2)3)31(20-25-13-10-9-12-24(25)6)28(33)14-11-15-32(37(7,35)36)26-17-22(4)16-23(5)18-26/h9-10,12-13,16-18,21,27H,8,11,14-15,19-20H2,1-7H3,(H,30,34)/t27-/m0/s1. The highest BCUT2D eigenvalue weighted by Crippen LogP contribution is 2.23. The predicted molar refractivity (Wildman–Crippen MR) is 151 cm³/mol. The molecule has 0 aliphatic rings. The Hall–Kier alpha value is -2.87. The van der Waals surface area contributed by atoms with E-state index in [9.17, 15) is 18.0 Å². The molecule has 8 heteroatoms. The molecule has 2 aromatic carbocycles. The van der Waals surface area contributed by atoms with Crippen molar-refractivity contribution in [3.05, 3.63) is 64.7 Å². The van der Waals surface area contributed by atoms with Crippen LogP contribution in [0.25, 0.3) is 0 Å². The first kappa shape index (κ1) is 30.4. The first-order valence-electron chi connectivity index (χ1n) is 13.0. The molecular weight excluding hydrogens is 486 g/mol. The fourth-order valence-corrected chi connectivity index (χ4v) is 5.36. The first-order valence-corrected chi connectivity index (χ1v) is 14.9. The number of carbonyl (C=O) groups is 2. The monoisotopic (exact) mass is 529 g/mol. The maximum absolute atomic E-state index is 13.6. The third kappa shape index (κ3) is 9.18. The Bertz CT molecular complexity index is 1160. The van der Waals surface area contributed by atoms with Crippen LogP contribution in [-0.2, 0) is 26.2 Å². The number of hydrogen-bond acceptors (Lipinski definition) is 4. The molecule has 0 aromatic heterocycles. The summed E-state index contributed by atoms with van der Waals surface area (Å²) in [5.74, 6) is -0.0241. The minimum Gasteiger partial charge on any atom is -0.354 e. The Morgan fingerprint density at radius 1 is 1.00 bits per heavy atom. The van der Waals surface area contributed by atoms with Crippen LogP contribution < -0.4 is 9.62 Å². The van der Waals surface area contributed by atoms with Crippen molar-refractivity contribution >= 4 is 27.5 Å². The van der Waals surface area contributed by atoms with Crippen molar-refractivity contribution in [2.45, 2.75) is 73.4 Å². The largest absolute Gasteiger partial charge is 0.354 e. The van der Waals surface area contributed by atoms with Gasteiger partial charge in [-0.3, -0.25) is 13.9 Å². The quantitative estimate of drug-likeness (QED) is 0.406. The van der Waals surface area contributed by atoms with Gasteiger partial charge in [0.05, 0.1) is 11.9 Å². The van der Waals surface area contributed by atoms with E-state index in [4.69, 9.17) is 0 Å². The van der Waals surface area contributed by atoms with E-state index < -0.39 is 16.1 Å². The third-order valence-electron chi connectivity index (χ3n) is 6.32. The highest BCUT2D eigenvalue weighted by molar-refractivity contribution is 7.92. The van der Waals surface area contributed by atoms with E-state index in [0.29, 0.717) is 37.5 Å². The number of nitrogens with zero attached hydrogens (tertiary/aromatic N) is 2. The molecule has 0 aliphatic carbocycles. The molecule has 7 nitrogen and oxygen atoms in total. The van der Waals surface area contributed by atoms with Gasteiger partial charge in [0.1, 0.15) is 6.04 Å². The Morgan fingerprint density at radius 3 is 2.16 bits per heavy atom. The molecule has 0 unspecified atom stereocenters. The van der Waals surface area contributed by atoms with Crippen LogP contribution in [0.3, 0.4) is 0 Å². The Labute approximate surface area is 223 Å². The van der Waals surface area contributed by atoms with Crippen LogP contribution in [0.2, 0.25) is 0 Å². The molecule has 2 amide bonds. The van der Waals surface area contributed by atoms with Crippen LogP contribution in [0.4, 0.5) is 5.69 Å². The van der Waals surface area contributed by atoms with Gasteiger partial charge in [-0.2, -0.15) is 0 Å². The maximum Gasteiger partial charge on any atom is 0.242 e. The van der Waals surface area contributed by atoms with Crippen LogP contribution in [0, 0.1) is 26.7 Å². The molecule has 0 aliphatic heterocycles. The molecule has 0 saturated carbocycles. The summed E-state index contributed by atoms with van der Waals surface area (Å²) in [5, 5.41) is 2.97. The molecule has 0 bridgehead atoms. The zero-order chi connectivity index (χ0) is 27.8. The van der Waals surface area contributed by atoms with Crippen molar-refractivity contribution < 1.29 is 18.0 Å². The van der Waals surface area contributed by atoms with E-state index in [1.54, 1.807) is 4.90 Å². The summed E-state index contributed by atoms with van der Waals surface area (Å²) in [5.41, 5.74) is 4.59. The second-order valence-electron chi connectivity index (χ2n) is 10.3. The molecular formula is C29H43N3O4S. The maximum atomic E-state index is 13.6. The van der Waals surface area contributed by atoms with Crippen LogP contribution >= 0.6 is 0 Å². The molecule has 2 aromatic rings.